The summed E-state index contributed by atoms with van der Waals surface area (Å²) in [6.07, 6.45) is 1.47. The van der Waals surface area contributed by atoms with E-state index >= 15 is 0 Å². The maximum atomic E-state index is 12.3. The Kier molecular flexibility index (Phi) is 4.26. The van der Waals surface area contributed by atoms with Crippen LogP contribution in [0.2, 0.25) is 5.02 Å². The zero-order valence-corrected chi connectivity index (χ0v) is 13.9. The van der Waals surface area contributed by atoms with E-state index in [1.807, 2.05) is 6.92 Å². The number of halogens is 1. The van der Waals surface area contributed by atoms with E-state index in [2.05, 4.69) is 20.3 Å². The largest absolute Gasteiger partial charge is 0.491 e. The van der Waals surface area contributed by atoms with Gasteiger partial charge in [-0.15, -0.1) is 0 Å². The standard InChI is InChI=1S/C16H16ClN5O2/c1-8(20-16-19-7-13(24-2)14(18)22-16)11-6-9-5-10(17)3-4-12(9)21-15(11)23/h3-8H,1-2H3,(H,21,23)(H3,18,19,20,22). The molecule has 0 aliphatic carbocycles. The van der Waals surface area contributed by atoms with Gasteiger partial charge in [0.25, 0.3) is 5.56 Å². The predicted octanol–water partition coefficient (Wildman–Crippen LogP) is 2.74. The Morgan fingerprint density at radius 1 is 1.38 bits per heavy atom. The third-order valence-corrected chi connectivity index (χ3v) is 3.89. The Morgan fingerprint density at radius 2 is 2.17 bits per heavy atom. The molecule has 7 nitrogen and oxygen atoms in total. The van der Waals surface area contributed by atoms with Crippen molar-refractivity contribution in [2.24, 2.45) is 0 Å². The van der Waals surface area contributed by atoms with Crippen molar-refractivity contribution < 1.29 is 4.74 Å². The molecule has 0 fully saturated rings. The normalized spacial score (nSPS) is 12.1. The number of ether oxygens (including phenoxy) is 1. The highest BCUT2D eigenvalue weighted by Gasteiger charge is 2.13. The number of nitrogen functional groups attached to an aromatic ring is 1. The molecule has 0 amide bonds. The van der Waals surface area contributed by atoms with Gasteiger partial charge in [-0.2, -0.15) is 4.98 Å². The van der Waals surface area contributed by atoms with Gasteiger partial charge in [0, 0.05) is 21.5 Å². The summed E-state index contributed by atoms with van der Waals surface area (Å²) in [6, 6.07) is 6.77. The average Bonchev–Trinajstić information content (AvgIpc) is 2.54. The maximum absolute atomic E-state index is 12.3. The monoisotopic (exact) mass is 345 g/mol. The number of benzene rings is 1. The highest BCUT2D eigenvalue weighted by atomic mass is 35.5. The van der Waals surface area contributed by atoms with Gasteiger partial charge in [-0.25, -0.2) is 4.98 Å². The molecule has 1 atom stereocenters. The second kappa shape index (κ2) is 6.37. The molecule has 124 valence electrons. The van der Waals surface area contributed by atoms with Gasteiger partial charge in [0.1, 0.15) is 0 Å². The van der Waals surface area contributed by atoms with Crippen LogP contribution in [0.25, 0.3) is 10.9 Å². The molecule has 24 heavy (non-hydrogen) atoms. The number of rotatable bonds is 4. The van der Waals surface area contributed by atoms with Crippen LogP contribution in [0.3, 0.4) is 0 Å². The van der Waals surface area contributed by atoms with E-state index in [4.69, 9.17) is 22.1 Å². The van der Waals surface area contributed by atoms with Crippen molar-refractivity contribution >= 4 is 34.3 Å². The zero-order valence-electron chi connectivity index (χ0n) is 13.1. The third kappa shape index (κ3) is 3.11. The lowest BCUT2D eigenvalue weighted by molar-refractivity contribution is 0.413. The Balaban J connectivity index is 1.93. The van der Waals surface area contributed by atoms with Crippen molar-refractivity contribution in [3.05, 3.63) is 51.4 Å². The number of pyridine rings is 1. The first kappa shape index (κ1) is 16.1. The molecule has 0 bridgehead atoms. The van der Waals surface area contributed by atoms with Crippen LogP contribution in [-0.4, -0.2) is 22.1 Å². The third-order valence-electron chi connectivity index (χ3n) is 3.65. The van der Waals surface area contributed by atoms with Gasteiger partial charge < -0.3 is 20.8 Å². The molecule has 0 saturated heterocycles. The van der Waals surface area contributed by atoms with Gasteiger partial charge in [-0.05, 0) is 31.2 Å². The average molecular weight is 346 g/mol. The first-order valence-corrected chi connectivity index (χ1v) is 7.61. The van der Waals surface area contributed by atoms with E-state index in [1.54, 1.807) is 24.3 Å². The highest BCUT2D eigenvalue weighted by molar-refractivity contribution is 6.31. The topological polar surface area (TPSA) is 106 Å². The molecule has 1 unspecified atom stereocenters. The molecule has 2 aromatic heterocycles. The molecule has 1 aromatic carbocycles. The second-order valence-electron chi connectivity index (χ2n) is 5.30. The fraction of sp³-hybridized carbons (Fsp3) is 0.188. The van der Waals surface area contributed by atoms with Crippen molar-refractivity contribution in [3.8, 4) is 5.75 Å². The number of H-pyrrole nitrogens is 1. The first-order valence-electron chi connectivity index (χ1n) is 7.23. The summed E-state index contributed by atoms with van der Waals surface area (Å²) in [5, 5.41) is 4.51. The smallest absolute Gasteiger partial charge is 0.253 e. The van der Waals surface area contributed by atoms with E-state index < -0.39 is 0 Å². The predicted molar refractivity (Wildman–Crippen MR) is 94.6 cm³/mol. The van der Waals surface area contributed by atoms with Crippen molar-refractivity contribution in [1.82, 2.24) is 15.0 Å². The van der Waals surface area contributed by atoms with E-state index in [-0.39, 0.29) is 17.4 Å². The number of nitrogens with one attached hydrogen (secondary N) is 2. The molecule has 0 spiro atoms. The summed E-state index contributed by atoms with van der Waals surface area (Å²) in [5.74, 6) is 0.930. The molecule has 2 heterocycles. The van der Waals surface area contributed by atoms with Crippen molar-refractivity contribution in [2.45, 2.75) is 13.0 Å². The number of hydrogen-bond acceptors (Lipinski definition) is 6. The van der Waals surface area contributed by atoms with E-state index in [0.717, 1.165) is 10.9 Å². The van der Waals surface area contributed by atoms with Crippen LogP contribution in [0.5, 0.6) is 5.75 Å². The van der Waals surface area contributed by atoms with E-state index in [0.29, 0.717) is 22.3 Å². The number of aromatic nitrogens is 3. The van der Waals surface area contributed by atoms with Crippen molar-refractivity contribution in [1.29, 1.82) is 0 Å². The number of methoxy groups -OCH3 is 1. The highest BCUT2D eigenvalue weighted by Crippen LogP contribution is 2.22. The number of fused-ring (bicyclic) bond motifs is 1. The minimum Gasteiger partial charge on any atom is -0.491 e. The second-order valence-corrected chi connectivity index (χ2v) is 5.74. The molecule has 8 heteroatoms. The Hall–Kier alpha value is -2.80. The van der Waals surface area contributed by atoms with Crippen molar-refractivity contribution in [2.75, 3.05) is 18.2 Å². The SMILES string of the molecule is COc1cnc(NC(C)c2cc3cc(Cl)ccc3[nH]c2=O)nc1N. The lowest BCUT2D eigenvalue weighted by Gasteiger charge is -2.15. The Morgan fingerprint density at radius 3 is 2.88 bits per heavy atom. The van der Waals surface area contributed by atoms with Crippen molar-refractivity contribution in [3.63, 3.8) is 0 Å². The van der Waals surface area contributed by atoms with Gasteiger partial charge in [0.15, 0.2) is 11.6 Å². The Labute approximate surface area is 142 Å². The number of nitrogens with zero attached hydrogens (tertiary/aromatic N) is 2. The first-order chi connectivity index (χ1) is 11.5. The summed E-state index contributed by atoms with van der Waals surface area (Å²) in [5.41, 5.74) is 6.85. The van der Waals surface area contributed by atoms with Crippen LogP contribution in [0.15, 0.2) is 35.3 Å². The van der Waals surface area contributed by atoms with Crippen LogP contribution in [-0.2, 0) is 0 Å². The molecule has 0 radical (unpaired) electrons. The molecule has 0 aliphatic rings. The van der Waals surface area contributed by atoms with Crippen LogP contribution >= 0.6 is 11.6 Å². The number of nitrogens with two attached hydrogens (primary N) is 1. The van der Waals surface area contributed by atoms with Gasteiger partial charge in [-0.1, -0.05) is 11.6 Å². The fourth-order valence-corrected chi connectivity index (χ4v) is 2.58. The molecule has 4 N–H and O–H groups in total. The van der Waals surface area contributed by atoms with Crippen LogP contribution in [0, 0.1) is 0 Å². The summed E-state index contributed by atoms with van der Waals surface area (Å²) in [6.45, 7) is 1.84. The summed E-state index contributed by atoms with van der Waals surface area (Å²) >= 11 is 6.01. The van der Waals surface area contributed by atoms with E-state index in [1.165, 1.54) is 13.3 Å². The molecule has 3 aromatic rings. The van der Waals surface area contributed by atoms with E-state index in [9.17, 15) is 4.79 Å². The number of hydrogen-bond donors (Lipinski definition) is 3. The number of aromatic amines is 1. The lowest BCUT2D eigenvalue weighted by atomic mass is 10.1. The molecular formula is C16H16ClN5O2. The van der Waals surface area contributed by atoms with Gasteiger partial charge in [0.2, 0.25) is 5.95 Å². The van der Waals surface area contributed by atoms with Crippen LogP contribution in [0.4, 0.5) is 11.8 Å². The molecular weight excluding hydrogens is 330 g/mol. The molecule has 0 aliphatic heterocycles. The summed E-state index contributed by atoms with van der Waals surface area (Å²) in [7, 11) is 1.49. The minimum atomic E-state index is -0.329. The van der Waals surface area contributed by atoms with Gasteiger partial charge in [-0.3, -0.25) is 4.79 Å². The zero-order chi connectivity index (χ0) is 17.3. The number of anilines is 2. The van der Waals surface area contributed by atoms with Gasteiger partial charge in [0.05, 0.1) is 19.3 Å². The molecule has 0 saturated carbocycles. The molecule has 3 rings (SSSR count). The van der Waals surface area contributed by atoms with Gasteiger partial charge >= 0.3 is 0 Å². The van der Waals surface area contributed by atoms with Crippen LogP contribution in [0.1, 0.15) is 18.5 Å². The summed E-state index contributed by atoms with van der Waals surface area (Å²) in [4.78, 5) is 23.4. The maximum Gasteiger partial charge on any atom is 0.253 e. The van der Waals surface area contributed by atoms with Crippen LogP contribution < -0.4 is 21.3 Å². The summed E-state index contributed by atoms with van der Waals surface area (Å²) < 4.78 is 5.02. The minimum absolute atomic E-state index is 0.189. The Bertz CT molecular complexity index is 957. The quantitative estimate of drug-likeness (QED) is 0.671. The lowest BCUT2D eigenvalue weighted by Crippen LogP contribution is -2.20. The fourth-order valence-electron chi connectivity index (χ4n) is 2.40.